The van der Waals surface area contributed by atoms with Gasteiger partial charge in [-0.1, -0.05) is 40.9 Å². The van der Waals surface area contributed by atoms with E-state index in [-0.39, 0.29) is 0 Å². The van der Waals surface area contributed by atoms with Gasteiger partial charge in [-0.05, 0) is 42.8 Å². The van der Waals surface area contributed by atoms with Gasteiger partial charge in [0.25, 0.3) is 5.91 Å². The van der Waals surface area contributed by atoms with Crippen molar-refractivity contribution in [1.82, 2.24) is 10.6 Å². The average molecular weight is 441 g/mol. The van der Waals surface area contributed by atoms with Crippen molar-refractivity contribution in [3.8, 4) is 5.75 Å². The summed E-state index contributed by atoms with van der Waals surface area (Å²) in [6.07, 6.45) is 0. The Hall–Kier alpha value is -2.41. The van der Waals surface area contributed by atoms with E-state index in [0.717, 1.165) is 0 Å². The van der Waals surface area contributed by atoms with Gasteiger partial charge in [0, 0.05) is 20.8 Å². The van der Waals surface area contributed by atoms with Crippen LogP contribution in [-0.4, -0.2) is 19.0 Å². The van der Waals surface area contributed by atoms with Crippen LogP contribution >= 0.6 is 34.8 Å². The van der Waals surface area contributed by atoms with Crippen LogP contribution in [0.2, 0.25) is 15.1 Å². The van der Waals surface area contributed by atoms with Gasteiger partial charge in [-0.3, -0.25) is 4.79 Å². The summed E-state index contributed by atoms with van der Waals surface area (Å²) in [6, 6.07) is 8.54. The van der Waals surface area contributed by atoms with Crippen LogP contribution in [0.1, 0.15) is 18.5 Å². The van der Waals surface area contributed by atoms with Crippen molar-refractivity contribution in [3.05, 3.63) is 68.3 Å². The molecule has 28 heavy (non-hydrogen) atoms. The van der Waals surface area contributed by atoms with E-state index in [9.17, 15) is 9.59 Å². The number of carbonyl (C=O) groups excluding carboxylic acids is 2. The molecule has 0 aliphatic carbocycles. The quantitative estimate of drug-likeness (QED) is 0.631. The minimum atomic E-state index is -0.760. The lowest BCUT2D eigenvalue weighted by atomic mass is 9.94. The molecular formula is C19H16Cl3N3O3. The first-order valence-corrected chi connectivity index (χ1v) is 9.31. The molecule has 0 fully saturated rings. The van der Waals surface area contributed by atoms with Gasteiger partial charge < -0.3 is 20.7 Å². The maximum Gasteiger partial charge on any atom is 0.319 e. The number of allylic oxidation sites excluding steroid dienone is 1. The van der Waals surface area contributed by atoms with Gasteiger partial charge in [0.15, 0.2) is 0 Å². The molecule has 0 radical (unpaired) electrons. The second-order valence-electron chi connectivity index (χ2n) is 6.03. The molecule has 0 aromatic heterocycles. The standard InChI is InChI=1S/C19H16Cl3N3O3/c1-9-16(18(26)24-14-8-11(21)4-6-15(14)28-2)17(25-19(27)23-9)12-5-3-10(20)7-13(12)22/h3-8,17H,1-2H3,(H,24,26)(H2,23,25,27). The van der Waals surface area contributed by atoms with Gasteiger partial charge in [0.1, 0.15) is 5.75 Å². The van der Waals surface area contributed by atoms with Crippen LogP contribution in [0.15, 0.2) is 47.7 Å². The number of ether oxygens (including phenoxy) is 1. The lowest BCUT2D eigenvalue weighted by Crippen LogP contribution is -2.46. The van der Waals surface area contributed by atoms with Crippen molar-refractivity contribution in [3.63, 3.8) is 0 Å². The predicted octanol–water partition coefficient (Wildman–Crippen LogP) is 4.92. The number of rotatable bonds is 4. The van der Waals surface area contributed by atoms with Crippen molar-refractivity contribution < 1.29 is 14.3 Å². The highest BCUT2D eigenvalue weighted by molar-refractivity contribution is 6.35. The molecule has 3 rings (SSSR count). The highest BCUT2D eigenvalue weighted by Gasteiger charge is 2.32. The van der Waals surface area contributed by atoms with E-state index in [2.05, 4.69) is 16.0 Å². The third-order valence-electron chi connectivity index (χ3n) is 4.20. The van der Waals surface area contributed by atoms with Crippen LogP contribution in [0.5, 0.6) is 5.75 Å². The van der Waals surface area contributed by atoms with Crippen LogP contribution < -0.4 is 20.7 Å². The zero-order valence-electron chi connectivity index (χ0n) is 14.9. The number of hydrogen-bond donors (Lipinski definition) is 3. The number of nitrogens with one attached hydrogen (secondary N) is 3. The minimum Gasteiger partial charge on any atom is -0.495 e. The second kappa shape index (κ2) is 8.31. The van der Waals surface area contributed by atoms with E-state index in [1.54, 1.807) is 43.3 Å². The predicted molar refractivity (Wildman–Crippen MR) is 110 cm³/mol. The smallest absolute Gasteiger partial charge is 0.319 e. The highest BCUT2D eigenvalue weighted by Crippen LogP contribution is 2.35. The van der Waals surface area contributed by atoms with Crippen LogP contribution in [0.4, 0.5) is 10.5 Å². The molecule has 0 saturated carbocycles. The van der Waals surface area contributed by atoms with Crippen molar-refractivity contribution in [1.29, 1.82) is 0 Å². The molecule has 1 unspecified atom stereocenters. The first kappa shape index (κ1) is 20.3. The Morgan fingerprint density at radius 2 is 1.79 bits per heavy atom. The van der Waals surface area contributed by atoms with Gasteiger partial charge in [-0.15, -0.1) is 0 Å². The SMILES string of the molecule is COc1ccc(Cl)cc1NC(=O)C1=C(C)NC(=O)NC1c1ccc(Cl)cc1Cl. The third-order valence-corrected chi connectivity index (χ3v) is 4.99. The summed E-state index contributed by atoms with van der Waals surface area (Å²) < 4.78 is 5.27. The van der Waals surface area contributed by atoms with E-state index in [4.69, 9.17) is 39.5 Å². The molecule has 146 valence electrons. The molecule has 1 aliphatic rings. The average Bonchev–Trinajstić information content (AvgIpc) is 2.61. The lowest BCUT2D eigenvalue weighted by Gasteiger charge is -2.29. The van der Waals surface area contributed by atoms with Crippen molar-refractivity contribution in [2.24, 2.45) is 0 Å². The molecule has 0 bridgehead atoms. The maximum atomic E-state index is 13.1. The molecule has 1 aliphatic heterocycles. The number of benzene rings is 2. The fraction of sp³-hybridized carbons (Fsp3) is 0.158. The summed E-state index contributed by atoms with van der Waals surface area (Å²) in [4.78, 5) is 25.1. The second-order valence-corrected chi connectivity index (χ2v) is 7.31. The zero-order chi connectivity index (χ0) is 20.4. The highest BCUT2D eigenvalue weighted by atomic mass is 35.5. The number of amides is 3. The largest absolute Gasteiger partial charge is 0.495 e. The summed E-state index contributed by atoms with van der Waals surface area (Å²) in [7, 11) is 1.49. The molecular weight excluding hydrogens is 425 g/mol. The summed E-state index contributed by atoms with van der Waals surface area (Å²) in [5, 5.41) is 9.34. The number of methoxy groups -OCH3 is 1. The fourth-order valence-corrected chi connectivity index (χ4v) is 3.62. The van der Waals surface area contributed by atoms with Crippen molar-refractivity contribution in [2.75, 3.05) is 12.4 Å². The Labute approximate surface area is 176 Å². The Bertz CT molecular complexity index is 992. The van der Waals surface area contributed by atoms with Crippen molar-refractivity contribution >= 4 is 52.4 Å². The van der Waals surface area contributed by atoms with Gasteiger partial charge in [0.05, 0.1) is 24.4 Å². The molecule has 9 heteroatoms. The minimum absolute atomic E-state index is 0.297. The first-order chi connectivity index (χ1) is 13.3. The number of urea groups is 1. The van der Waals surface area contributed by atoms with E-state index in [1.807, 2.05) is 0 Å². The van der Waals surface area contributed by atoms with Crippen LogP contribution in [0, 0.1) is 0 Å². The molecule has 6 nitrogen and oxygen atoms in total. The molecule has 1 heterocycles. The summed E-state index contributed by atoms with van der Waals surface area (Å²) in [6.45, 7) is 1.64. The molecule has 2 aromatic carbocycles. The maximum absolute atomic E-state index is 13.1. The van der Waals surface area contributed by atoms with Crippen LogP contribution in [-0.2, 0) is 4.79 Å². The van der Waals surface area contributed by atoms with Gasteiger partial charge in [0.2, 0.25) is 0 Å². The van der Waals surface area contributed by atoms with E-state index in [1.165, 1.54) is 7.11 Å². The Morgan fingerprint density at radius 1 is 1.11 bits per heavy atom. The Morgan fingerprint density at radius 3 is 2.46 bits per heavy atom. The molecule has 0 saturated heterocycles. The third kappa shape index (κ3) is 4.19. The number of halogens is 3. The van der Waals surface area contributed by atoms with Gasteiger partial charge in [-0.2, -0.15) is 0 Å². The lowest BCUT2D eigenvalue weighted by molar-refractivity contribution is -0.113. The first-order valence-electron chi connectivity index (χ1n) is 8.18. The fourth-order valence-electron chi connectivity index (χ4n) is 2.93. The number of anilines is 1. The normalized spacial score (nSPS) is 16.3. The van der Waals surface area contributed by atoms with E-state index in [0.29, 0.717) is 43.3 Å². The molecule has 3 amide bonds. The van der Waals surface area contributed by atoms with E-state index >= 15 is 0 Å². The molecule has 2 aromatic rings. The Kier molecular flexibility index (Phi) is 6.03. The molecule has 3 N–H and O–H groups in total. The van der Waals surface area contributed by atoms with E-state index < -0.39 is 18.0 Å². The molecule has 0 spiro atoms. The summed E-state index contributed by atoms with van der Waals surface area (Å²) in [5.41, 5.74) is 1.64. The Balaban J connectivity index is 2.01. The van der Waals surface area contributed by atoms with Crippen LogP contribution in [0.3, 0.4) is 0 Å². The zero-order valence-corrected chi connectivity index (χ0v) is 17.2. The van der Waals surface area contributed by atoms with Gasteiger partial charge >= 0.3 is 6.03 Å². The number of carbonyl (C=O) groups is 2. The van der Waals surface area contributed by atoms with Gasteiger partial charge in [-0.25, -0.2) is 4.79 Å². The van der Waals surface area contributed by atoms with Crippen molar-refractivity contribution in [2.45, 2.75) is 13.0 Å². The van der Waals surface area contributed by atoms with Crippen LogP contribution in [0.25, 0.3) is 0 Å². The molecule has 1 atom stereocenters. The summed E-state index contributed by atoms with van der Waals surface area (Å²) >= 11 is 18.3. The monoisotopic (exact) mass is 439 g/mol. The number of hydrogen-bond acceptors (Lipinski definition) is 3. The topological polar surface area (TPSA) is 79.5 Å². The summed E-state index contributed by atoms with van der Waals surface area (Å²) in [5.74, 6) is 0.00599.